The van der Waals surface area contributed by atoms with E-state index in [-0.39, 0.29) is 17.7 Å². The van der Waals surface area contributed by atoms with Gasteiger partial charge in [-0.2, -0.15) is 5.26 Å². The molecule has 5 nitrogen and oxygen atoms in total. The van der Waals surface area contributed by atoms with Crippen LogP contribution >= 0.6 is 56.9 Å². The van der Waals surface area contributed by atoms with Crippen LogP contribution in [0.15, 0.2) is 41.3 Å². The van der Waals surface area contributed by atoms with E-state index in [9.17, 15) is 14.9 Å². The fraction of sp³-hybridized carbons (Fsp3) is 0.105. The zero-order valence-electron chi connectivity index (χ0n) is 14.0. The highest BCUT2D eigenvalue weighted by molar-refractivity contribution is 14.1. The van der Waals surface area contributed by atoms with Gasteiger partial charge in [0.15, 0.2) is 0 Å². The molecule has 1 aliphatic heterocycles. The Morgan fingerprint density at radius 2 is 1.89 bits per heavy atom. The number of benzene rings is 2. The minimum absolute atomic E-state index is 0.0867. The van der Waals surface area contributed by atoms with Crippen molar-refractivity contribution in [3.05, 3.63) is 65.1 Å². The molecule has 0 unspecified atom stereocenters. The van der Waals surface area contributed by atoms with Crippen LogP contribution in [0, 0.1) is 18.5 Å². The van der Waals surface area contributed by atoms with Crippen LogP contribution in [0.25, 0.3) is 6.08 Å². The lowest BCUT2D eigenvalue weighted by molar-refractivity contribution is -0.123. The Morgan fingerprint density at radius 3 is 2.52 bits per heavy atom. The molecule has 0 aromatic heterocycles. The minimum Gasteiger partial charge on any atom is -0.495 e. The van der Waals surface area contributed by atoms with Crippen molar-refractivity contribution in [3.63, 3.8) is 0 Å². The SMILES string of the molecule is COc1c(I)cc(/C=C2/SC(=O)N(Cc3ccccc3C#N)C2=O)cc1I. The van der Waals surface area contributed by atoms with Crippen molar-refractivity contribution >= 4 is 74.2 Å². The van der Waals surface area contributed by atoms with Crippen molar-refractivity contribution < 1.29 is 14.3 Å². The number of carbonyl (C=O) groups excluding carboxylic acids is 2. The molecule has 0 spiro atoms. The minimum atomic E-state index is -0.349. The topological polar surface area (TPSA) is 70.4 Å². The molecule has 0 atom stereocenters. The number of nitrogens with zero attached hydrogens (tertiary/aromatic N) is 2. The van der Waals surface area contributed by atoms with Crippen molar-refractivity contribution in [2.45, 2.75) is 6.54 Å². The van der Waals surface area contributed by atoms with Gasteiger partial charge >= 0.3 is 0 Å². The summed E-state index contributed by atoms with van der Waals surface area (Å²) < 4.78 is 7.20. The maximum atomic E-state index is 12.7. The van der Waals surface area contributed by atoms with E-state index in [1.54, 1.807) is 37.5 Å². The molecule has 0 saturated carbocycles. The smallest absolute Gasteiger partial charge is 0.293 e. The molecule has 8 heteroatoms. The average molecular weight is 602 g/mol. The highest BCUT2D eigenvalue weighted by atomic mass is 127. The van der Waals surface area contributed by atoms with Crippen LogP contribution in [0.1, 0.15) is 16.7 Å². The highest BCUT2D eigenvalue weighted by Gasteiger charge is 2.35. The maximum absolute atomic E-state index is 12.7. The van der Waals surface area contributed by atoms with Crippen LogP contribution in [0.2, 0.25) is 0 Å². The zero-order valence-corrected chi connectivity index (χ0v) is 19.2. The van der Waals surface area contributed by atoms with Gasteiger partial charge < -0.3 is 4.74 Å². The van der Waals surface area contributed by atoms with Gasteiger partial charge in [-0.3, -0.25) is 14.5 Å². The van der Waals surface area contributed by atoms with Crippen LogP contribution in [0.5, 0.6) is 5.75 Å². The monoisotopic (exact) mass is 602 g/mol. The molecule has 0 aliphatic carbocycles. The van der Waals surface area contributed by atoms with E-state index in [0.29, 0.717) is 16.0 Å². The van der Waals surface area contributed by atoms with E-state index in [1.807, 2.05) is 12.1 Å². The normalized spacial score (nSPS) is 15.3. The number of hydrogen-bond acceptors (Lipinski definition) is 5. The van der Waals surface area contributed by atoms with Crippen molar-refractivity contribution in [1.29, 1.82) is 5.26 Å². The van der Waals surface area contributed by atoms with Crippen LogP contribution in [-0.4, -0.2) is 23.2 Å². The van der Waals surface area contributed by atoms with Gasteiger partial charge in [-0.15, -0.1) is 0 Å². The lowest BCUT2D eigenvalue weighted by atomic mass is 10.1. The van der Waals surface area contributed by atoms with E-state index in [0.717, 1.165) is 30.2 Å². The van der Waals surface area contributed by atoms with Gasteiger partial charge in [-0.25, -0.2) is 0 Å². The molecule has 1 heterocycles. The predicted octanol–water partition coefficient (Wildman–Crippen LogP) is 5.01. The molecule has 1 fully saturated rings. The number of imide groups is 1. The predicted molar refractivity (Wildman–Crippen MR) is 121 cm³/mol. The molecule has 1 aliphatic rings. The second-order valence-electron chi connectivity index (χ2n) is 5.55. The molecule has 0 radical (unpaired) electrons. The summed E-state index contributed by atoms with van der Waals surface area (Å²) in [5.74, 6) is 0.438. The summed E-state index contributed by atoms with van der Waals surface area (Å²) in [6.45, 7) is 0.0867. The number of rotatable bonds is 4. The third kappa shape index (κ3) is 4.30. The summed E-state index contributed by atoms with van der Waals surface area (Å²) in [6.07, 6.45) is 1.71. The summed E-state index contributed by atoms with van der Waals surface area (Å²) >= 11 is 5.26. The Bertz CT molecular complexity index is 991. The van der Waals surface area contributed by atoms with Gasteiger partial charge in [0, 0.05) is 0 Å². The van der Waals surface area contributed by atoms with Crippen molar-refractivity contribution in [1.82, 2.24) is 4.90 Å². The summed E-state index contributed by atoms with van der Waals surface area (Å²) in [7, 11) is 1.61. The molecule has 0 N–H and O–H groups in total. The van der Waals surface area contributed by atoms with E-state index in [4.69, 9.17) is 4.74 Å². The second kappa shape index (κ2) is 8.62. The first-order valence-corrected chi connectivity index (χ1v) is 10.7. The molecule has 2 aromatic carbocycles. The quantitative estimate of drug-likeness (QED) is 0.364. The van der Waals surface area contributed by atoms with Gasteiger partial charge in [0.1, 0.15) is 5.75 Å². The number of carbonyl (C=O) groups is 2. The zero-order chi connectivity index (χ0) is 19.6. The van der Waals surface area contributed by atoms with E-state index >= 15 is 0 Å². The lowest BCUT2D eigenvalue weighted by Crippen LogP contribution is -2.27. The Morgan fingerprint density at radius 1 is 1.22 bits per heavy atom. The molecule has 3 rings (SSSR count). The van der Waals surface area contributed by atoms with Crippen LogP contribution in [-0.2, 0) is 11.3 Å². The van der Waals surface area contributed by atoms with Gasteiger partial charge in [-0.1, -0.05) is 18.2 Å². The molecule has 27 heavy (non-hydrogen) atoms. The molecule has 2 amide bonds. The third-order valence-corrected chi connectivity index (χ3v) is 6.37. The first kappa shape index (κ1) is 20.2. The van der Waals surface area contributed by atoms with Crippen LogP contribution in [0.3, 0.4) is 0 Å². The Labute approximate surface area is 188 Å². The molecule has 2 aromatic rings. The number of amides is 2. The number of ether oxygens (including phenoxy) is 1. The number of thioether (sulfide) groups is 1. The lowest BCUT2D eigenvalue weighted by Gasteiger charge is -2.13. The molecule has 0 bridgehead atoms. The van der Waals surface area contributed by atoms with E-state index in [2.05, 4.69) is 51.3 Å². The van der Waals surface area contributed by atoms with Gasteiger partial charge in [0.25, 0.3) is 11.1 Å². The summed E-state index contributed by atoms with van der Waals surface area (Å²) in [5.41, 5.74) is 1.93. The summed E-state index contributed by atoms with van der Waals surface area (Å²) in [4.78, 5) is 26.6. The van der Waals surface area contributed by atoms with E-state index < -0.39 is 0 Å². The first-order valence-electron chi connectivity index (χ1n) is 7.71. The van der Waals surface area contributed by atoms with Crippen molar-refractivity contribution in [3.8, 4) is 11.8 Å². The largest absolute Gasteiger partial charge is 0.495 e. The van der Waals surface area contributed by atoms with Crippen LogP contribution < -0.4 is 4.74 Å². The molecular weight excluding hydrogens is 590 g/mol. The second-order valence-corrected chi connectivity index (χ2v) is 8.87. The maximum Gasteiger partial charge on any atom is 0.293 e. The van der Waals surface area contributed by atoms with Crippen LogP contribution in [0.4, 0.5) is 4.79 Å². The Balaban J connectivity index is 1.88. The van der Waals surface area contributed by atoms with Crippen molar-refractivity contribution in [2.24, 2.45) is 0 Å². The number of hydrogen-bond donors (Lipinski definition) is 0. The summed E-state index contributed by atoms with van der Waals surface area (Å²) in [6, 6.07) is 12.9. The highest BCUT2D eigenvalue weighted by Crippen LogP contribution is 2.35. The Hall–Kier alpha value is -1.58. The fourth-order valence-electron chi connectivity index (χ4n) is 2.58. The summed E-state index contributed by atoms with van der Waals surface area (Å²) in [5, 5.41) is 8.86. The number of nitriles is 1. The third-order valence-electron chi connectivity index (χ3n) is 3.86. The van der Waals surface area contributed by atoms with Gasteiger partial charge in [0.05, 0.1) is 37.3 Å². The number of halogens is 2. The number of methoxy groups -OCH3 is 1. The average Bonchev–Trinajstić information content (AvgIpc) is 2.89. The van der Waals surface area contributed by atoms with Gasteiger partial charge in [-0.05, 0) is 92.3 Å². The molecular formula is C19H12I2N2O3S. The van der Waals surface area contributed by atoms with E-state index in [1.165, 1.54) is 4.90 Å². The first-order chi connectivity index (χ1) is 12.9. The fourth-order valence-corrected chi connectivity index (χ4v) is 5.68. The van der Waals surface area contributed by atoms with Gasteiger partial charge in [0.2, 0.25) is 0 Å². The standard InChI is InChI=1S/C19H12I2N2O3S/c1-26-17-14(20)6-11(7-15(17)21)8-16-18(24)23(19(25)27-16)10-13-5-3-2-4-12(13)9-22/h2-8H,10H2,1H3/b16-8+. The van der Waals surface area contributed by atoms with Crippen molar-refractivity contribution in [2.75, 3.05) is 7.11 Å². The molecule has 1 saturated heterocycles. The molecule has 136 valence electrons. The Kier molecular flexibility index (Phi) is 6.44.